The van der Waals surface area contributed by atoms with E-state index in [4.69, 9.17) is 9.84 Å². The van der Waals surface area contributed by atoms with Gasteiger partial charge < -0.3 is 9.84 Å². The van der Waals surface area contributed by atoms with Crippen molar-refractivity contribution >= 4 is 28.5 Å². The van der Waals surface area contributed by atoms with E-state index >= 15 is 0 Å². The van der Waals surface area contributed by atoms with E-state index in [1.54, 1.807) is 27.7 Å². The van der Waals surface area contributed by atoms with Crippen molar-refractivity contribution in [3.8, 4) is 0 Å². The lowest BCUT2D eigenvalue weighted by Gasteiger charge is -2.31. The summed E-state index contributed by atoms with van der Waals surface area (Å²) in [4.78, 5) is 25.1. The molecular formula is C19H23NO4. The van der Waals surface area contributed by atoms with Gasteiger partial charge in [-0.25, -0.2) is 4.79 Å². The average molecular weight is 329 g/mol. The normalized spacial score (nSPS) is 12.7. The SMILES string of the molecule is C[C@H](CC(=O)O)N(C(=O)OC(C)(C)C)c1ccc2ccccc2c1. The molecule has 128 valence electrons. The van der Waals surface area contributed by atoms with Crippen LogP contribution in [-0.4, -0.2) is 28.8 Å². The number of carboxylic acid groups (broad SMARTS) is 1. The molecule has 5 nitrogen and oxygen atoms in total. The molecule has 0 spiro atoms. The van der Waals surface area contributed by atoms with Crippen molar-refractivity contribution in [2.45, 2.75) is 45.8 Å². The van der Waals surface area contributed by atoms with Crippen LogP contribution in [0.3, 0.4) is 0 Å². The van der Waals surface area contributed by atoms with Gasteiger partial charge in [-0.2, -0.15) is 0 Å². The number of amides is 1. The second-order valence-corrected chi connectivity index (χ2v) is 6.83. The minimum absolute atomic E-state index is 0.161. The number of ether oxygens (including phenoxy) is 1. The molecule has 0 unspecified atom stereocenters. The molecule has 1 atom stereocenters. The van der Waals surface area contributed by atoms with Gasteiger partial charge in [0.1, 0.15) is 5.60 Å². The Kier molecular flexibility index (Phi) is 5.12. The molecule has 0 aliphatic rings. The number of carbonyl (C=O) groups excluding carboxylic acids is 1. The van der Waals surface area contributed by atoms with Crippen molar-refractivity contribution in [3.05, 3.63) is 42.5 Å². The molecule has 0 saturated carbocycles. The minimum atomic E-state index is -0.961. The fourth-order valence-corrected chi connectivity index (χ4v) is 2.52. The fourth-order valence-electron chi connectivity index (χ4n) is 2.52. The molecule has 24 heavy (non-hydrogen) atoms. The summed E-state index contributed by atoms with van der Waals surface area (Å²) in [5.41, 5.74) is -0.0357. The molecule has 5 heteroatoms. The van der Waals surface area contributed by atoms with Gasteiger partial charge in [0.05, 0.1) is 6.42 Å². The number of rotatable bonds is 4. The van der Waals surface area contributed by atoms with Crippen LogP contribution in [-0.2, 0) is 9.53 Å². The molecule has 2 rings (SSSR count). The van der Waals surface area contributed by atoms with Crippen LogP contribution in [0.5, 0.6) is 0 Å². The van der Waals surface area contributed by atoms with Crippen LogP contribution < -0.4 is 4.90 Å². The Labute approximate surface area is 141 Å². The Morgan fingerprint density at radius 3 is 2.33 bits per heavy atom. The van der Waals surface area contributed by atoms with Crippen molar-refractivity contribution in [3.63, 3.8) is 0 Å². The monoisotopic (exact) mass is 329 g/mol. The maximum absolute atomic E-state index is 12.6. The summed E-state index contributed by atoms with van der Waals surface area (Å²) in [6.45, 7) is 7.05. The Bertz CT molecular complexity index is 748. The topological polar surface area (TPSA) is 66.8 Å². The van der Waals surface area contributed by atoms with Gasteiger partial charge in [-0.15, -0.1) is 0 Å². The Morgan fingerprint density at radius 2 is 1.75 bits per heavy atom. The lowest BCUT2D eigenvalue weighted by atomic mass is 10.1. The third-order valence-electron chi connectivity index (χ3n) is 3.51. The van der Waals surface area contributed by atoms with Crippen LogP contribution in [0.25, 0.3) is 10.8 Å². The van der Waals surface area contributed by atoms with Crippen molar-refractivity contribution < 1.29 is 19.4 Å². The quantitative estimate of drug-likeness (QED) is 0.900. The van der Waals surface area contributed by atoms with E-state index in [1.807, 2.05) is 42.5 Å². The zero-order valence-electron chi connectivity index (χ0n) is 14.4. The van der Waals surface area contributed by atoms with E-state index in [9.17, 15) is 9.59 Å². The van der Waals surface area contributed by atoms with Crippen LogP contribution >= 0.6 is 0 Å². The van der Waals surface area contributed by atoms with E-state index in [1.165, 1.54) is 4.90 Å². The number of benzene rings is 2. The molecule has 0 fully saturated rings. The number of nitrogens with zero attached hydrogens (tertiary/aromatic N) is 1. The van der Waals surface area contributed by atoms with E-state index in [0.717, 1.165) is 10.8 Å². The van der Waals surface area contributed by atoms with Gasteiger partial charge in [0.2, 0.25) is 0 Å². The van der Waals surface area contributed by atoms with Gasteiger partial charge in [-0.05, 0) is 50.6 Å². The van der Waals surface area contributed by atoms with Crippen molar-refractivity contribution in [2.75, 3.05) is 4.90 Å². The summed E-state index contributed by atoms with van der Waals surface area (Å²) in [7, 11) is 0. The summed E-state index contributed by atoms with van der Waals surface area (Å²) in [5.74, 6) is -0.961. The van der Waals surface area contributed by atoms with Gasteiger partial charge in [-0.3, -0.25) is 9.69 Å². The maximum atomic E-state index is 12.6. The molecule has 0 heterocycles. The Balaban J connectivity index is 2.42. The molecule has 1 N–H and O–H groups in total. The highest BCUT2D eigenvalue weighted by Crippen LogP contribution is 2.26. The lowest BCUT2D eigenvalue weighted by Crippen LogP contribution is -2.43. The number of aliphatic carboxylic acids is 1. The molecule has 2 aromatic carbocycles. The molecule has 1 amide bonds. The third-order valence-corrected chi connectivity index (χ3v) is 3.51. The number of fused-ring (bicyclic) bond motifs is 1. The largest absolute Gasteiger partial charge is 0.481 e. The molecule has 0 aliphatic heterocycles. The summed E-state index contributed by atoms with van der Waals surface area (Å²) in [6.07, 6.45) is -0.710. The molecular weight excluding hydrogens is 306 g/mol. The van der Waals surface area contributed by atoms with Crippen LogP contribution in [0, 0.1) is 0 Å². The molecule has 0 aliphatic carbocycles. The van der Waals surface area contributed by atoms with Crippen LogP contribution in [0.1, 0.15) is 34.1 Å². The van der Waals surface area contributed by atoms with Crippen LogP contribution in [0.2, 0.25) is 0 Å². The first kappa shape index (κ1) is 17.8. The summed E-state index contributed by atoms with van der Waals surface area (Å²) in [5, 5.41) is 11.1. The molecule has 0 radical (unpaired) electrons. The first-order valence-corrected chi connectivity index (χ1v) is 7.90. The first-order valence-electron chi connectivity index (χ1n) is 7.90. The van der Waals surface area contributed by atoms with E-state index in [-0.39, 0.29) is 6.42 Å². The highest BCUT2D eigenvalue weighted by Gasteiger charge is 2.28. The van der Waals surface area contributed by atoms with Crippen molar-refractivity contribution in [1.29, 1.82) is 0 Å². The number of hydrogen-bond acceptors (Lipinski definition) is 3. The number of carbonyl (C=O) groups is 2. The highest BCUT2D eigenvalue weighted by molar-refractivity contribution is 5.94. The predicted octanol–water partition coefficient (Wildman–Crippen LogP) is 4.44. The summed E-state index contributed by atoms with van der Waals surface area (Å²) < 4.78 is 5.46. The average Bonchev–Trinajstić information content (AvgIpc) is 2.44. The number of hydrogen-bond donors (Lipinski definition) is 1. The standard InChI is InChI=1S/C19H23NO4/c1-13(11-17(21)22)20(18(23)24-19(2,3)4)16-10-9-14-7-5-6-8-15(14)12-16/h5-10,12-13H,11H2,1-4H3,(H,21,22)/t13-/m1/s1. The Hall–Kier alpha value is -2.56. The predicted molar refractivity (Wildman–Crippen MR) is 94.4 cm³/mol. The van der Waals surface area contributed by atoms with Crippen molar-refractivity contribution in [1.82, 2.24) is 0 Å². The maximum Gasteiger partial charge on any atom is 0.415 e. The zero-order chi connectivity index (χ0) is 17.9. The van der Waals surface area contributed by atoms with Gasteiger partial charge in [-0.1, -0.05) is 30.3 Å². The number of anilines is 1. The second-order valence-electron chi connectivity index (χ2n) is 6.83. The molecule has 0 bridgehead atoms. The third kappa shape index (κ3) is 4.47. The van der Waals surface area contributed by atoms with Gasteiger partial charge in [0.25, 0.3) is 0 Å². The van der Waals surface area contributed by atoms with Crippen LogP contribution in [0.15, 0.2) is 42.5 Å². The van der Waals surface area contributed by atoms with E-state index in [2.05, 4.69) is 0 Å². The van der Waals surface area contributed by atoms with Gasteiger partial charge in [0.15, 0.2) is 0 Å². The van der Waals surface area contributed by atoms with E-state index in [0.29, 0.717) is 5.69 Å². The number of carboxylic acids is 1. The lowest BCUT2D eigenvalue weighted by molar-refractivity contribution is -0.137. The summed E-state index contributed by atoms with van der Waals surface area (Å²) in [6, 6.07) is 12.9. The van der Waals surface area contributed by atoms with Gasteiger partial charge in [0, 0.05) is 11.7 Å². The van der Waals surface area contributed by atoms with Gasteiger partial charge >= 0.3 is 12.1 Å². The summed E-state index contributed by atoms with van der Waals surface area (Å²) >= 11 is 0. The molecule has 2 aromatic rings. The van der Waals surface area contributed by atoms with Crippen LogP contribution in [0.4, 0.5) is 10.5 Å². The van der Waals surface area contributed by atoms with E-state index < -0.39 is 23.7 Å². The van der Waals surface area contributed by atoms with Crippen molar-refractivity contribution in [2.24, 2.45) is 0 Å². The molecule has 0 saturated heterocycles. The zero-order valence-corrected chi connectivity index (χ0v) is 14.4. The Morgan fingerprint density at radius 1 is 1.12 bits per heavy atom. The smallest absolute Gasteiger partial charge is 0.415 e. The highest BCUT2D eigenvalue weighted by atomic mass is 16.6. The second kappa shape index (κ2) is 6.91. The minimum Gasteiger partial charge on any atom is -0.481 e. The molecule has 0 aromatic heterocycles. The first-order chi connectivity index (χ1) is 11.2. The fraction of sp³-hybridized carbons (Fsp3) is 0.368.